The highest BCUT2D eigenvalue weighted by atomic mass is 16.5. The molecule has 0 amide bonds. The molecule has 1 heterocycles. The fourth-order valence-electron chi connectivity index (χ4n) is 1.70. The van der Waals surface area contributed by atoms with Gasteiger partial charge >= 0.3 is 0 Å². The molecule has 0 aliphatic carbocycles. The summed E-state index contributed by atoms with van der Waals surface area (Å²) >= 11 is 0. The van der Waals surface area contributed by atoms with Crippen LogP contribution in [0.4, 0.5) is 0 Å². The Hall–Kier alpha value is -0.160. The van der Waals surface area contributed by atoms with Crippen LogP contribution < -0.4 is 5.73 Å². The van der Waals surface area contributed by atoms with Crippen molar-refractivity contribution < 1.29 is 9.84 Å². The molecule has 2 unspecified atom stereocenters. The van der Waals surface area contributed by atoms with E-state index in [0.717, 1.165) is 39.1 Å². The standard InChI is InChI=1S/C10H22N2O2/c1-9(11)10-8-12(5-7-14-10)4-2-3-6-13/h9-10,13H,2-8,11H2,1H3. The molecule has 0 aromatic carbocycles. The van der Waals surface area contributed by atoms with E-state index < -0.39 is 0 Å². The first-order valence-corrected chi connectivity index (χ1v) is 5.44. The Morgan fingerprint density at radius 1 is 1.57 bits per heavy atom. The Morgan fingerprint density at radius 2 is 2.36 bits per heavy atom. The number of morpholine rings is 1. The summed E-state index contributed by atoms with van der Waals surface area (Å²) in [6.45, 7) is 6.04. The van der Waals surface area contributed by atoms with Gasteiger partial charge in [-0.25, -0.2) is 0 Å². The van der Waals surface area contributed by atoms with Gasteiger partial charge in [-0.05, 0) is 26.3 Å². The first-order valence-electron chi connectivity index (χ1n) is 5.44. The van der Waals surface area contributed by atoms with Crippen molar-refractivity contribution in [3.8, 4) is 0 Å². The molecular formula is C10H22N2O2. The van der Waals surface area contributed by atoms with Crippen LogP contribution >= 0.6 is 0 Å². The van der Waals surface area contributed by atoms with Crippen LogP contribution in [0.5, 0.6) is 0 Å². The molecule has 0 bridgehead atoms. The maximum absolute atomic E-state index is 8.67. The summed E-state index contributed by atoms with van der Waals surface area (Å²) in [7, 11) is 0. The first-order chi connectivity index (χ1) is 6.74. The second-order valence-electron chi connectivity index (χ2n) is 4.00. The van der Waals surface area contributed by atoms with Crippen LogP contribution in [0.25, 0.3) is 0 Å². The van der Waals surface area contributed by atoms with E-state index in [0.29, 0.717) is 6.61 Å². The smallest absolute Gasteiger partial charge is 0.0850 e. The average Bonchev–Trinajstić information content (AvgIpc) is 2.19. The van der Waals surface area contributed by atoms with Gasteiger partial charge in [0.05, 0.1) is 12.7 Å². The summed E-state index contributed by atoms with van der Waals surface area (Å²) in [5, 5.41) is 8.67. The monoisotopic (exact) mass is 202 g/mol. The third-order valence-corrected chi connectivity index (χ3v) is 2.65. The molecular weight excluding hydrogens is 180 g/mol. The van der Waals surface area contributed by atoms with Crippen molar-refractivity contribution in [2.75, 3.05) is 32.8 Å². The summed E-state index contributed by atoms with van der Waals surface area (Å²) in [5.41, 5.74) is 5.79. The van der Waals surface area contributed by atoms with Crippen LogP contribution in [0.1, 0.15) is 19.8 Å². The fraction of sp³-hybridized carbons (Fsp3) is 1.00. The average molecular weight is 202 g/mol. The number of rotatable bonds is 5. The second kappa shape index (κ2) is 6.35. The van der Waals surface area contributed by atoms with E-state index in [1.54, 1.807) is 0 Å². The van der Waals surface area contributed by atoms with Crippen LogP contribution in [-0.4, -0.2) is 55.0 Å². The molecule has 1 aliphatic heterocycles. The lowest BCUT2D eigenvalue weighted by Gasteiger charge is -2.34. The normalized spacial score (nSPS) is 26.4. The van der Waals surface area contributed by atoms with Crippen molar-refractivity contribution in [1.82, 2.24) is 4.90 Å². The molecule has 2 atom stereocenters. The van der Waals surface area contributed by atoms with Gasteiger partial charge in [-0.2, -0.15) is 0 Å². The minimum atomic E-state index is 0.107. The van der Waals surface area contributed by atoms with E-state index in [2.05, 4.69) is 4.90 Å². The molecule has 84 valence electrons. The van der Waals surface area contributed by atoms with Crippen molar-refractivity contribution in [2.24, 2.45) is 5.73 Å². The molecule has 0 aromatic heterocycles. The fourth-order valence-corrected chi connectivity index (χ4v) is 1.70. The van der Waals surface area contributed by atoms with E-state index in [4.69, 9.17) is 15.6 Å². The predicted molar refractivity (Wildman–Crippen MR) is 56.1 cm³/mol. The minimum Gasteiger partial charge on any atom is -0.396 e. The molecule has 1 rings (SSSR count). The lowest BCUT2D eigenvalue weighted by molar-refractivity contribution is -0.0381. The number of nitrogens with zero attached hydrogens (tertiary/aromatic N) is 1. The molecule has 1 saturated heterocycles. The topological polar surface area (TPSA) is 58.7 Å². The van der Waals surface area contributed by atoms with Crippen molar-refractivity contribution in [2.45, 2.75) is 31.9 Å². The molecule has 0 spiro atoms. The Bertz CT molecular complexity index is 153. The van der Waals surface area contributed by atoms with E-state index in [1.165, 1.54) is 0 Å². The van der Waals surface area contributed by atoms with Gasteiger partial charge in [0.1, 0.15) is 0 Å². The molecule has 0 radical (unpaired) electrons. The van der Waals surface area contributed by atoms with Crippen LogP contribution in [0.2, 0.25) is 0 Å². The zero-order valence-electron chi connectivity index (χ0n) is 8.98. The number of aliphatic hydroxyl groups excluding tert-OH is 1. The first kappa shape index (κ1) is 11.9. The van der Waals surface area contributed by atoms with Crippen LogP contribution in [0, 0.1) is 0 Å². The summed E-state index contributed by atoms with van der Waals surface area (Å²) < 4.78 is 5.56. The summed E-state index contributed by atoms with van der Waals surface area (Å²) in [6.07, 6.45) is 2.13. The molecule has 0 aromatic rings. The third kappa shape index (κ3) is 3.92. The lowest BCUT2D eigenvalue weighted by atomic mass is 10.1. The van der Waals surface area contributed by atoms with E-state index >= 15 is 0 Å². The van der Waals surface area contributed by atoms with Gasteiger partial charge in [0.15, 0.2) is 0 Å². The summed E-state index contributed by atoms with van der Waals surface area (Å²) in [5.74, 6) is 0. The van der Waals surface area contributed by atoms with E-state index in [1.807, 2.05) is 6.92 Å². The number of unbranched alkanes of at least 4 members (excludes halogenated alkanes) is 1. The van der Waals surface area contributed by atoms with Crippen molar-refractivity contribution in [1.29, 1.82) is 0 Å². The molecule has 14 heavy (non-hydrogen) atoms. The largest absolute Gasteiger partial charge is 0.396 e. The quantitative estimate of drug-likeness (QED) is 0.607. The van der Waals surface area contributed by atoms with Crippen LogP contribution in [0.3, 0.4) is 0 Å². The number of hydrogen-bond acceptors (Lipinski definition) is 4. The highest BCUT2D eigenvalue weighted by molar-refractivity contribution is 4.77. The SMILES string of the molecule is CC(N)C1CN(CCCCO)CCO1. The Labute approximate surface area is 86.0 Å². The molecule has 3 N–H and O–H groups in total. The molecule has 4 heteroatoms. The van der Waals surface area contributed by atoms with Crippen molar-refractivity contribution in [3.63, 3.8) is 0 Å². The van der Waals surface area contributed by atoms with Gasteiger partial charge < -0.3 is 15.6 Å². The van der Waals surface area contributed by atoms with Gasteiger partial charge in [-0.15, -0.1) is 0 Å². The lowest BCUT2D eigenvalue weighted by Crippen LogP contribution is -2.49. The van der Waals surface area contributed by atoms with Crippen LogP contribution in [-0.2, 0) is 4.74 Å². The molecule has 0 saturated carbocycles. The highest BCUT2D eigenvalue weighted by Crippen LogP contribution is 2.08. The molecule has 1 aliphatic rings. The highest BCUT2D eigenvalue weighted by Gasteiger charge is 2.22. The Morgan fingerprint density at radius 3 is 3.00 bits per heavy atom. The Balaban J connectivity index is 2.19. The Kier molecular flexibility index (Phi) is 5.40. The van der Waals surface area contributed by atoms with Crippen LogP contribution in [0.15, 0.2) is 0 Å². The minimum absolute atomic E-state index is 0.107. The molecule has 4 nitrogen and oxygen atoms in total. The zero-order valence-corrected chi connectivity index (χ0v) is 8.98. The number of ether oxygens (including phenoxy) is 1. The molecule has 1 fully saturated rings. The number of hydrogen-bond donors (Lipinski definition) is 2. The van der Waals surface area contributed by atoms with E-state index in [-0.39, 0.29) is 12.1 Å². The predicted octanol–water partition coefficient (Wildman–Crippen LogP) is -0.193. The van der Waals surface area contributed by atoms with Crippen molar-refractivity contribution in [3.05, 3.63) is 0 Å². The van der Waals surface area contributed by atoms with E-state index in [9.17, 15) is 0 Å². The number of nitrogens with two attached hydrogens (primary N) is 1. The van der Waals surface area contributed by atoms with Gasteiger partial charge in [-0.3, -0.25) is 4.90 Å². The number of aliphatic hydroxyl groups is 1. The maximum Gasteiger partial charge on any atom is 0.0850 e. The van der Waals surface area contributed by atoms with Gasteiger partial charge in [0, 0.05) is 25.7 Å². The summed E-state index contributed by atoms with van der Waals surface area (Å²) in [4.78, 5) is 2.37. The summed E-state index contributed by atoms with van der Waals surface area (Å²) in [6, 6.07) is 0.107. The zero-order chi connectivity index (χ0) is 10.4. The van der Waals surface area contributed by atoms with Gasteiger partial charge in [0.25, 0.3) is 0 Å². The van der Waals surface area contributed by atoms with Crippen molar-refractivity contribution >= 4 is 0 Å². The second-order valence-corrected chi connectivity index (χ2v) is 4.00. The third-order valence-electron chi connectivity index (χ3n) is 2.65. The van der Waals surface area contributed by atoms with Gasteiger partial charge in [-0.1, -0.05) is 0 Å². The van der Waals surface area contributed by atoms with Gasteiger partial charge in [0.2, 0.25) is 0 Å². The maximum atomic E-state index is 8.67.